The van der Waals surface area contributed by atoms with Crippen molar-refractivity contribution in [3.8, 4) is 0 Å². The molecule has 2 aromatic heterocycles. The van der Waals surface area contributed by atoms with Crippen LogP contribution in [-0.4, -0.2) is 26.3 Å². The number of fused-ring (bicyclic) bond motifs is 2. The predicted octanol–water partition coefficient (Wildman–Crippen LogP) is 2.59. The van der Waals surface area contributed by atoms with Gasteiger partial charge in [0, 0.05) is 65.5 Å². The Labute approximate surface area is 175 Å². The second-order valence-electron chi connectivity index (χ2n) is 7.43. The van der Waals surface area contributed by atoms with E-state index in [9.17, 15) is 19.7 Å². The Morgan fingerprint density at radius 3 is 2.45 bits per heavy atom. The van der Waals surface area contributed by atoms with Crippen LogP contribution in [0, 0.1) is 10.1 Å². The third-order valence-corrected chi connectivity index (χ3v) is 5.64. The molecule has 0 bridgehead atoms. The van der Waals surface area contributed by atoms with E-state index >= 15 is 0 Å². The molecule has 9 nitrogen and oxygen atoms in total. The normalized spacial score (nSPS) is 14.1. The third-order valence-electron chi connectivity index (χ3n) is 5.64. The van der Waals surface area contributed by atoms with Crippen LogP contribution in [0.25, 0.3) is 33.0 Å². The van der Waals surface area contributed by atoms with Gasteiger partial charge in [0.05, 0.1) is 21.6 Å². The second kappa shape index (κ2) is 6.64. The summed E-state index contributed by atoms with van der Waals surface area (Å²) in [7, 11) is 1.74. The first kappa shape index (κ1) is 18.8. The van der Waals surface area contributed by atoms with E-state index in [2.05, 4.69) is 10.3 Å². The summed E-state index contributed by atoms with van der Waals surface area (Å²) in [6, 6.07) is 10.1. The first-order valence-electron chi connectivity index (χ1n) is 9.53. The Hall–Kier alpha value is -4.24. The fourth-order valence-corrected chi connectivity index (χ4v) is 4.16. The van der Waals surface area contributed by atoms with Gasteiger partial charge < -0.3 is 15.3 Å². The average Bonchev–Trinajstić information content (AvgIpc) is 3.40. The monoisotopic (exact) mass is 415 g/mol. The number of carbonyl (C=O) groups is 2. The summed E-state index contributed by atoms with van der Waals surface area (Å²) in [4.78, 5) is 39.5. The van der Waals surface area contributed by atoms with Gasteiger partial charge in [-0.1, -0.05) is 12.1 Å². The molecule has 3 heterocycles. The molecule has 2 amide bonds. The minimum Gasteiger partial charge on any atom is -0.361 e. The maximum absolute atomic E-state index is 12.8. The molecule has 154 valence electrons. The molecule has 5 rings (SSSR count). The molecule has 31 heavy (non-hydrogen) atoms. The molecule has 0 fully saturated rings. The Balaban J connectivity index is 1.78. The SMILES string of the molecule is Cn1cc(C2=C(c3c[nH]c4cc(CN)ccc34)C(=O)NC2=O)c2ccc([N+](=O)[O-])cc21. The van der Waals surface area contributed by atoms with Crippen molar-refractivity contribution in [3.63, 3.8) is 0 Å². The molecule has 0 saturated heterocycles. The molecular formula is C22H17N5O4. The van der Waals surface area contributed by atoms with Crippen LogP contribution < -0.4 is 11.1 Å². The number of aromatic nitrogens is 2. The number of imide groups is 1. The van der Waals surface area contributed by atoms with Gasteiger partial charge in [-0.05, 0) is 17.7 Å². The summed E-state index contributed by atoms with van der Waals surface area (Å²) in [5, 5.41) is 15.0. The molecule has 0 spiro atoms. The van der Waals surface area contributed by atoms with Crippen molar-refractivity contribution in [2.75, 3.05) is 0 Å². The number of carbonyl (C=O) groups excluding carboxylic acids is 2. The van der Waals surface area contributed by atoms with Crippen molar-refractivity contribution >= 4 is 50.5 Å². The van der Waals surface area contributed by atoms with E-state index in [-0.39, 0.29) is 16.8 Å². The number of aryl methyl sites for hydroxylation is 1. The lowest BCUT2D eigenvalue weighted by molar-refractivity contribution is -0.384. The van der Waals surface area contributed by atoms with Gasteiger partial charge in [0.25, 0.3) is 17.5 Å². The molecule has 0 atom stereocenters. The van der Waals surface area contributed by atoms with E-state index in [0.717, 1.165) is 16.5 Å². The van der Waals surface area contributed by atoms with Gasteiger partial charge in [-0.3, -0.25) is 25.0 Å². The number of amides is 2. The summed E-state index contributed by atoms with van der Waals surface area (Å²) in [5.74, 6) is -0.985. The highest BCUT2D eigenvalue weighted by Gasteiger charge is 2.35. The molecule has 1 aliphatic rings. The number of non-ortho nitro benzene ring substituents is 1. The first-order valence-corrected chi connectivity index (χ1v) is 9.53. The Morgan fingerprint density at radius 1 is 1.03 bits per heavy atom. The van der Waals surface area contributed by atoms with E-state index in [1.807, 2.05) is 18.2 Å². The molecule has 0 saturated carbocycles. The van der Waals surface area contributed by atoms with E-state index in [4.69, 9.17) is 5.73 Å². The molecule has 0 unspecified atom stereocenters. The van der Waals surface area contributed by atoms with Crippen LogP contribution in [0.4, 0.5) is 5.69 Å². The quantitative estimate of drug-likeness (QED) is 0.267. The highest BCUT2D eigenvalue weighted by Crippen LogP contribution is 2.38. The van der Waals surface area contributed by atoms with Gasteiger partial charge in [0.2, 0.25) is 0 Å². The number of nitro groups is 1. The summed E-state index contributed by atoms with van der Waals surface area (Å²) in [6.45, 7) is 0.388. The van der Waals surface area contributed by atoms with Crippen molar-refractivity contribution < 1.29 is 14.5 Å². The van der Waals surface area contributed by atoms with Gasteiger partial charge >= 0.3 is 0 Å². The van der Waals surface area contributed by atoms with Crippen molar-refractivity contribution in [2.24, 2.45) is 12.8 Å². The average molecular weight is 415 g/mol. The summed E-state index contributed by atoms with van der Waals surface area (Å²) in [5.41, 5.74) is 9.67. The number of nitrogens with one attached hydrogen (secondary N) is 2. The number of benzene rings is 2. The Morgan fingerprint density at radius 2 is 1.74 bits per heavy atom. The Bertz CT molecular complexity index is 1470. The highest BCUT2D eigenvalue weighted by atomic mass is 16.6. The predicted molar refractivity (Wildman–Crippen MR) is 116 cm³/mol. The van der Waals surface area contributed by atoms with Crippen LogP contribution in [0.5, 0.6) is 0 Å². The van der Waals surface area contributed by atoms with Crippen LogP contribution >= 0.6 is 0 Å². The lowest BCUT2D eigenvalue weighted by atomic mass is 9.95. The van der Waals surface area contributed by atoms with Gasteiger partial charge in [-0.15, -0.1) is 0 Å². The van der Waals surface area contributed by atoms with Gasteiger partial charge in [-0.25, -0.2) is 0 Å². The van der Waals surface area contributed by atoms with Crippen molar-refractivity contribution in [3.05, 3.63) is 75.6 Å². The summed E-state index contributed by atoms with van der Waals surface area (Å²) < 4.78 is 1.71. The molecule has 2 aromatic carbocycles. The van der Waals surface area contributed by atoms with Crippen LogP contribution in [0.3, 0.4) is 0 Å². The number of aromatic amines is 1. The maximum Gasteiger partial charge on any atom is 0.271 e. The van der Waals surface area contributed by atoms with Crippen LogP contribution in [0.2, 0.25) is 0 Å². The van der Waals surface area contributed by atoms with Crippen molar-refractivity contribution in [1.29, 1.82) is 0 Å². The van der Waals surface area contributed by atoms with E-state index in [1.54, 1.807) is 30.1 Å². The summed E-state index contributed by atoms with van der Waals surface area (Å²) >= 11 is 0. The van der Waals surface area contributed by atoms with Gasteiger partial charge in [-0.2, -0.15) is 0 Å². The molecule has 1 aliphatic heterocycles. The van der Waals surface area contributed by atoms with E-state index in [1.165, 1.54) is 12.1 Å². The zero-order chi connectivity index (χ0) is 21.9. The fourth-order valence-electron chi connectivity index (χ4n) is 4.16. The fraction of sp³-hybridized carbons (Fsp3) is 0.0909. The topological polar surface area (TPSA) is 136 Å². The van der Waals surface area contributed by atoms with Crippen LogP contribution in [0.15, 0.2) is 48.8 Å². The molecule has 9 heteroatoms. The van der Waals surface area contributed by atoms with Crippen molar-refractivity contribution in [1.82, 2.24) is 14.9 Å². The first-order chi connectivity index (χ1) is 14.9. The van der Waals surface area contributed by atoms with Gasteiger partial charge in [0.15, 0.2) is 0 Å². The number of hydrogen-bond acceptors (Lipinski definition) is 5. The molecule has 4 aromatic rings. The zero-order valence-corrected chi connectivity index (χ0v) is 16.4. The maximum atomic E-state index is 12.8. The Kier molecular flexibility index (Phi) is 4.02. The lowest BCUT2D eigenvalue weighted by Gasteiger charge is -2.04. The number of hydrogen-bond donors (Lipinski definition) is 3. The second-order valence-corrected chi connectivity index (χ2v) is 7.43. The smallest absolute Gasteiger partial charge is 0.271 e. The summed E-state index contributed by atoms with van der Waals surface area (Å²) in [6.07, 6.45) is 3.41. The largest absolute Gasteiger partial charge is 0.361 e. The number of nitro benzene ring substituents is 1. The number of H-pyrrole nitrogens is 1. The highest BCUT2D eigenvalue weighted by molar-refractivity contribution is 6.50. The molecule has 4 N–H and O–H groups in total. The third kappa shape index (κ3) is 2.75. The zero-order valence-electron chi connectivity index (χ0n) is 16.4. The molecule has 0 aliphatic carbocycles. The molecular weight excluding hydrogens is 398 g/mol. The minimum absolute atomic E-state index is 0.0475. The van der Waals surface area contributed by atoms with E-state index in [0.29, 0.717) is 28.6 Å². The minimum atomic E-state index is -0.501. The number of nitrogens with zero attached hydrogens (tertiary/aromatic N) is 2. The number of nitrogens with two attached hydrogens (primary N) is 1. The standard InChI is InChI=1S/C22H17N5O4/c1-26-10-16(14-5-3-12(27(30)31)7-18(14)26)20-19(21(28)25-22(20)29)15-9-24-17-6-11(8-23)2-4-13(15)17/h2-7,9-10,24H,8,23H2,1H3,(H,25,28,29). The lowest BCUT2D eigenvalue weighted by Crippen LogP contribution is -2.22. The van der Waals surface area contributed by atoms with Crippen molar-refractivity contribution in [2.45, 2.75) is 6.54 Å². The van der Waals surface area contributed by atoms with E-state index < -0.39 is 16.7 Å². The van der Waals surface area contributed by atoms with Gasteiger partial charge in [0.1, 0.15) is 0 Å². The van der Waals surface area contributed by atoms with Crippen LogP contribution in [-0.2, 0) is 23.2 Å². The van der Waals surface area contributed by atoms with Crippen LogP contribution in [0.1, 0.15) is 16.7 Å². The number of rotatable bonds is 4. The molecule has 0 radical (unpaired) electrons.